The quantitative estimate of drug-likeness (QED) is 0.0834. The van der Waals surface area contributed by atoms with Crippen LogP contribution in [0.4, 0.5) is 0 Å². The van der Waals surface area contributed by atoms with Crippen molar-refractivity contribution in [2.75, 3.05) is 68.2 Å². The number of carboxylic acid groups (broad SMARTS) is 1. The molecule has 0 spiro atoms. The summed E-state index contributed by atoms with van der Waals surface area (Å²) in [5.74, 6) is -4.40. The fourth-order valence-corrected chi connectivity index (χ4v) is 12.5. The fourth-order valence-electron chi connectivity index (χ4n) is 12.5. The highest BCUT2D eigenvalue weighted by atomic mass is 16.7. The summed E-state index contributed by atoms with van der Waals surface area (Å²) >= 11 is 0. The van der Waals surface area contributed by atoms with Gasteiger partial charge in [-0.1, -0.05) is 26.8 Å². The number of aromatic nitrogens is 1. The van der Waals surface area contributed by atoms with Crippen molar-refractivity contribution in [1.82, 2.24) is 19.7 Å². The first-order chi connectivity index (χ1) is 37.5. The molecule has 3 aliphatic rings. The van der Waals surface area contributed by atoms with E-state index >= 15 is 0 Å². The smallest absolute Gasteiger partial charge is 0.341 e. The van der Waals surface area contributed by atoms with Crippen molar-refractivity contribution in [3.05, 3.63) is 45.7 Å². The van der Waals surface area contributed by atoms with Gasteiger partial charge in [-0.05, 0) is 132 Å². The summed E-state index contributed by atoms with van der Waals surface area (Å²) in [6.07, 6.45) is -5.29. The average molecular weight is 1140 g/mol. The molecular formula is C59H98N4O17. The van der Waals surface area contributed by atoms with Crippen LogP contribution in [0.15, 0.2) is 29.2 Å². The van der Waals surface area contributed by atoms with Crippen LogP contribution in [-0.4, -0.2) is 211 Å². The zero-order chi connectivity index (χ0) is 59.6. The Morgan fingerprint density at radius 3 is 2.25 bits per heavy atom. The number of hydrogen-bond acceptors (Lipinski definition) is 19. The van der Waals surface area contributed by atoms with Crippen LogP contribution in [0.1, 0.15) is 131 Å². The van der Waals surface area contributed by atoms with Crippen LogP contribution in [0, 0.1) is 17.8 Å². The number of nitrogens with zero attached hydrogens (tertiary/aromatic N) is 3. The molecular weight excluding hydrogens is 1040 g/mol. The van der Waals surface area contributed by atoms with Crippen molar-refractivity contribution in [3.63, 3.8) is 0 Å². The van der Waals surface area contributed by atoms with Gasteiger partial charge in [-0.25, -0.2) is 4.79 Å². The van der Waals surface area contributed by atoms with Gasteiger partial charge >= 0.3 is 17.9 Å². The number of aliphatic hydroxyl groups is 3. The third-order valence-corrected chi connectivity index (χ3v) is 17.0. The zero-order valence-corrected chi connectivity index (χ0v) is 50.6. The molecule has 5 N–H and O–H groups in total. The molecule has 0 unspecified atom stereocenters. The van der Waals surface area contributed by atoms with Crippen LogP contribution in [0.3, 0.4) is 0 Å². The molecule has 18 atom stereocenters. The maximum absolute atomic E-state index is 14.7. The third-order valence-electron chi connectivity index (χ3n) is 17.0. The molecule has 0 radical (unpaired) electrons. The van der Waals surface area contributed by atoms with Crippen molar-refractivity contribution in [3.8, 4) is 0 Å². The normalized spacial score (nSPS) is 36.3. The summed E-state index contributed by atoms with van der Waals surface area (Å²) < 4.78 is 58.7. The minimum Gasteiger partial charge on any atom is -0.477 e. The Labute approximate surface area is 474 Å². The first-order valence-corrected chi connectivity index (χ1v) is 28.8. The Balaban J connectivity index is 1.27. The Bertz CT molecular complexity index is 2380. The number of pyridine rings is 1. The van der Waals surface area contributed by atoms with Crippen LogP contribution in [0.25, 0.3) is 10.9 Å². The number of aryl methyl sites for hydroxylation is 2. The minimum atomic E-state index is -1.63. The van der Waals surface area contributed by atoms with E-state index in [1.54, 1.807) is 38.3 Å². The van der Waals surface area contributed by atoms with Crippen LogP contribution in [0.5, 0.6) is 0 Å². The number of hydrogen-bond donors (Lipinski definition) is 5. The van der Waals surface area contributed by atoms with Crippen LogP contribution >= 0.6 is 0 Å². The van der Waals surface area contributed by atoms with Crippen LogP contribution in [-0.2, 0) is 65.2 Å². The molecule has 2 aromatic rings. The van der Waals surface area contributed by atoms with Crippen molar-refractivity contribution in [2.45, 2.75) is 218 Å². The monoisotopic (exact) mass is 1130 g/mol. The number of nitrogens with one attached hydrogen (secondary N) is 1. The Morgan fingerprint density at radius 2 is 1.62 bits per heavy atom. The SMILES string of the molecule is CC[C@H]1OC(=O)[C@H](C)[C@@H](O[C@H]2C[C@@](C)(OC)[C@@H](OC(=O)CCNCCOCCCc3ccc4c(c3)c(=O)c(C(=O)O)cn4CC)[C@H](C)O2)[C@H](C)[C@@H](O[C@@H]2O[C@H](C)C[C@H](N(C)C)[C@H]2O)[C@](C)(O)C[C@@H](C)CN(C)[C@H](C)[C@@H](OC)[C@]1(C)O. The molecule has 0 aliphatic carbocycles. The predicted molar refractivity (Wildman–Crippen MR) is 300 cm³/mol. The molecule has 3 saturated heterocycles. The summed E-state index contributed by atoms with van der Waals surface area (Å²) in [6.45, 7) is 22.7. The molecule has 0 amide bonds. The fraction of sp³-hybridized carbons (Fsp3) is 0.797. The van der Waals surface area contributed by atoms with E-state index in [1.165, 1.54) is 20.4 Å². The second-order valence-corrected chi connectivity index (χ2v) is 23.9. The molecule has 0 bridgehead atoms. The number of carbonyl (C=O) groups excluding carboxylic acids is 2. The highest BCUT2D eigenvalue weighted by Crippen LogP contribution is 2.41. The van der Waals surface area contributed by atoms with Gasteiger partial charge in [0.1, 0.15) is 35.1 Å². The van der Waals surface area contributed by atoms with Gasteiger partial charge in [0.2, 0.25) is 5.43 Å². The van der Waals surface area contributed by atoms with Crippen LogP contribution in [0.2, 0.25) is 0 Å². The number of cyclic esters (lactones) is 1. The third kappa shape index (κ3) is 16.4. The topological polar surface area (TPSA) is 256 Å². The Hall–Kier alpha value is -3.68. The van der Waals surface area contributed by atoms with E-state index in [0.29, 0.717) is 69.6 Å². The maximum Gasteiger partial charge on any atom is 0.341 e. The van der Waals surface area contributed by atoms with Gasteiger partial charge in [0.25, 0.3) is 0 Å². The molecule has 456 valence electrons. The molecule has 0 saturated carbocycles. The first kappa shape index (κ1) is 67.1. The molecule has 3 fully saturated rings. The molecule has 4 heterocycles. The number of carbonyl (C=O) groups is 3. The number of likely N-dealkylation sites (N-methyl/N-ethyl adjacent to an activating group) is 2. The number of carboxylic acids is 1. The Morgan fingerprint density at radius 1 is 0.925 bits per heavy atom. The minimum absolute atomic E-state index is 0.0484. The van der Waals surface area contributed by atoms with Crippen molar-refractivity contribution in [1.29, 1.82) is 0 Å². The summed E-state index contributed by atoms with van der Waals surface area (Å²) in [5.41, 5.74) is -3.52. The first-order valence-electron chi connectivity index (χ1n) is 28.8. The lowest BCUT2D eigenvalue weighted by molar-refractivity contribution is -0.318. The molecule has 21 nitrogen and oxygen atoms in total. The van der Waals surface area contributed by atoms with E-state index in [4.69, 9.17) is 42.6 Å². The number of ether oxygens (including phenoxy) is 9. The number of rotatable bonds is 21. The number of esters is 2. The van der Waals surface area contributed by atoms with Crippen molar-refractivity contribution >= 4 is 28.8 Å². The molecule has 1 aromatic carbocycles. The number of aliphatic hydroxyl groups excluding tert-OH is 1. The number of fused-ring (bicyclic) bond motifs is 1. The van der Waals surface area contributed by atoms with E-state index in [2.05, 4.69) is 10.2 Å². The van der Waals surface area contributed by atoms with Gasteiger partial charge in [-0.3, -0.25) is 14.4 Å². The number of aromatic carboxylic acids is 1. The number of methoxy groups -OCH3 is 2. The molecule has 21 heteroatoms. The molecule has 5 rings (SSSR count). The summed E-state index contributed by atoms with van der Waals surface area (Å²) in [7, 11) is 8.74. The van der Waals surface area contributed by atoms with E-state index in [1.807, 2.05) is 86.6 Å². The molecule has 80 heavy (non-hydrogen) atoms. The van der Waals surface area contributed by atoms with Gasteiger partial charge in [-0.15, -0.1) is 0 Å². The van der Waals surface area contributed by atoms with Crippen molar-refractivity contribution in [2.24, 2.45) is 17.8 Å². The Kier molecular flexibility index (Phi) is 24.5. The van der Waals surface area contributed by atoms with E-state index in [9.17, 15) is 39.6 Å². The largest absolute Gasteiger partial charge is 0.477 e. The predicted octanol–water partition coefficient (Wildman–Crippen LogP) is 4.77. The summed E-state index contributed by atoms with van der Waals surface area (Å²) in [6, 6.07) is 4.89. The maximum atomic E-state index is 14.7. The van der Waals surface area contributed by atoms with E-state index in [-0.39, 0.29) is 55.4 Å². The van der Waals surface area contributed by atoms with Crippen molar-refractivity contribution < 1.29 is 77.4 Å². The lowest BCUT2D eigenvalue weighted by Gasteiger charge is -2.49. The second-order valence-electron chi connectivity index (χ2n) is 23.9. The van der Waals surface area contributed by atoms with Crippen LogP contribution < -0.4 is 10.7 Å². The van der Waals surface area contributed by atoms with Gasteiger partial charge in [-0.2, -0.15) is 0 Å². The lowest BCUT2D eigenvalue weighted by Crippen LogP contribution is -2.61. The van der Waals surface area contributed by atoms with Gasteiger partial charge < -0.3 is 82.7 Å². The average Bonchev–Trinajstić information content (AvgIpc) is 3.41. The standard InChI is InChI=1S/C59H98N4O17/c1-17-45-59(11,71)52(72-15)38(7)62(14)32-34(3)30-57(9,70)51(80-56-49(66)44(61(12)13)28-35(4)75-56)36(5)50(37(6)55(69)77-45)79-47-31-58(10,73-16)53(39(8)76-47)78-46(64)23-24-60-25-27-74-26-19-20-40-21-22-43-41(29-40)48(65)42(54(67)68)33-63(43)18-2/h21-22,29,33-39,44-45,47,49-53,56,60,66,70-71H,17-20,23-28,30-32H2,1-16H3,(H,67,68)/t34-,35-,36+,37-,38-,39+,44+,45-,47+,49-,50+,51-,52-,53+,56+,57-,58-,59-/m1/s1. The highest BCUT2D eigenvalue weighted by molar-refractivity contribution is 5.92. The summed E-state index contributed by atoms with van der Waals surface area (Å²) in [5, 5.41) is 50.0. The van der Waals surface area contributed by atoms with E-state index in [0.717, 1.165) is 5.56 Å². The zero-order valence-electron chi connectivity index (χ0n) is 50.6. The molecule has 1 aromatic heterocycles. The van der Waals surface area contributed by atoms with Gasteiger partial charge in [0.15, 0.2) is 18.7 Å². The molecule has 3 aliphatic heterocycles. The second kappa shape index (κ2) is 29.2. The van der Waals surface area contributed by atoms with Gasteiger partial charge in [0.05, 0.1) is 54.5 Å². The summed E-state index contributed by atoms with van der Waals surface area (Å²) in [4.78, 5) is 56.8. The van der Waals surface area contributed by atoms with Gasteiger partial charge in [0, 0.05) is 83.0 Å². The van der Waals surface area contributed by atoms with E-state index < -0.39 is 107 Å². The number of benzene rings is 1. The highest BCUT2D eigenvalue weighted by Gasteiger charge is 2.54. The lowest BCUT2D eigenvalue weighted by atomic mass is 9.77.